The summed E-state index contributed by atoms with van der Waals surface area (Å²) >= 11 is 0. The summed E-state index contributed by atoms with van der Waals surface area (Å²) in [5.41, 5.74) is 0.829. The van der Waals surface area contributed by atoms with Crippen LogP contribution in [0.2, 0.25) is 0 Å². The second-order valence-electron chi connectivity index (χ2n) is 6.19. The van der Waals surface area contributed by atoms with Gasteiger partial charge in [-0.2, -0.15) is 0 Å². The molecule has 2 aromatic carbocycles. The summed E-state index contributed by atoms with van der Waals surface area (Å²) in [5.74, 6) is 0.199. The molecule has 0 bridgehead atoms. The van der Waals surface area contributed by atoms with Crippen molar-refractivity contribution in [3.05, 3.63) is 59.7 Å². The van der Waals surface area contributed by atoms with Crippen molar-refractivity contribution in [2.75, 3.05) is 13.7 Å². The molecular weight excluding hydrogens is 344 g/mol. The van der Waals surface area contributed by atoms with Crippen molar-refractivity contribution in [3.8, 4) is 11.5 Å². The van der Waals surface area contributed by atoms with Crippen molar-refractivity contribution < 1.29 is 23.8 Å². The highest BCUT2D eigenvalue weighted by Gasteiger charge is 2.10. The zero-order valence-corrected chi connectivity index (χ0v) is 15.9. The molecule has 144 valence electrons. The molecule has 0 heterocycles. The third-order valence-electron chi connectivity index (χ3n) is 4.09. The monoisotopic (exact) mass is 370 g/mol. The maximum atomic E-state index is 12.2. The first-order valence-corrected chi connectivity index (χ1v) is 9.27. The fourth-order valence-corrected chi connectivity index (χ4v) is 2.53. The minimum Gasteiger partial charge on any atom is -0.494 e. The van der Waals surface area contributed by atoms with Gasteiger partial charge in [0.25, 0.3) is 0 Å². The Labute approximate surface area is 160 Å². The van der Waals surface area contributed by atoms with Gasteiger partial charge in [-0.05, 0) is 55.0 Å². The van der Waals surface area contributed by atoms with Crippen molar-refractivity contribution in [3.63, 3.8) is 0 Å². The molecule has 0 aliphatic rings. The van der Waals surface area contributed by atoms with Gasteiger partial charge in [0.2, 0.25) is 0 Å². The van der Waals surface area contributed by atoms with Crippen LogP contribution in [0, 0.1) is 0 Å². The maximum Gasteiger partial charge on any atom is 0.343 e. The van der Waals surface area contributed by atoms with Crippen LogP contribution in [0.1, 0.15) is 59.7 Å². The van der Waals surface area contributed by atoms with Crippen molar-refractivity contribution in [2.45, 2.75) is 39.0 Å². The Kier molecular flexibility index (Phi) is 8.36. The molecule has 0 amide bonds. The third kappa shape index (κ3) is 6.77. The first-order valence-electron chi connectivity index (χ1n) is 9.27. The van der Waals surface area contributed by atoms with E-state index in [0.717, 1.165) is 12.2 Å². The molecule has 0 radical (unpaired) electrons. The molecule has 2 rings (SSSR count). The molecule has 0 saturated heterocycles. The van der Waals surface area contributed by atoms with E-state index in [-0.39, 0.29) is 0 Å². The van der Waals surface area contributed by atoms with Gasteiger partial charge < -0.3 is 14.2 Å². The number of benzene rings is 2. The molecule has 0 unspecified atom stereocenters. The minimum absolute atomic E-state index is 0.361. The number of ether oxygens (including phenoxy) is 3. The quantitative estimate of drug-likeness (QED) is 0.333. The average molecular weight is 370 g/mol. The fourth-order valence-electron chi connectivity index (χ4n) is 2.53. The Bertz CT molecular complexity index is 719. The first-order chi connectivity index (χ1) is 13.1. The van der Waals surface area contributed by atoms with Gasteiger partial charge in [-0.25, -0.2) is 9.59 Å². The Morgan fingerprint density at radius 1 is 0.741 bits per heavy atom. The molecule has 0 aromatic heterocycles. The van der Waals surface area contributed by atoms with Gasteiger partial charge in [0.15, 0.2) is 0 Å². The van der Waals surface area contributed by atoms with Crippen LogP contribution in [0.25, 0.3) is 0 Å². The van der Waals surface area contributed by atoms with Crippen LogP contribution in [0.5, 0.6) is 11.5 Å². The molecule has 0 spiro atoms. The fraction of sp³-hybridized carbons (Fsp3) is 0.364. The number of esters is 2. The lowest BCUT2D eigenvalue weighted by molar-refractivity contribution is 0.0600. The summed E-state index contributed by atoms with van der Waals surface area (Å²) in [6.45, 7) is 2.88. The summed E-state index contributed by atoms with van der Waals surface area (Å²) < 4.78 is 15.6. The van der Waals surface area contributed by atoms with Gasteiger partial charge in [-0.1, -0.05) is 32.6 Å². The van der Waals surface area contributed by atoms with E-state index < -0.39 is 11.9 Å². The van der Waals surface area contributed by atoms with E-state index in [2.05, 4.69) is 11.7 Å². The molecule has 2 aromatic rings. The number of rotatable bonds is 10. The lowest BCUT2D eigenvalue weighted by atomic mass is 10.2. The Hall–Kier alpha value is -2.82. The van der Waals surface area contributed by atoms with Crippen molar-refractivity contribution in [1.29, 1.82) is 0 Å². The Morgan fingerprint density at radius 2 is 1.30 bits per heavy atom. The molecule has 27 heavy (non-hydrogen) atoms. The zero-order chi connectivity index (χ0) is 19.5. The summed E-state index contributed by atoms with van der Waals surface area (Å²) in [6.07, 6.45) is 5.94. The second-order valence-corrected chi connectivity index (χ2v) is 6.19. The van der Waals surface area contributed by atoms with Crippen LogP contribution in [-0.4, -0.2) is 25.7 Å². The van der Waals surface area contributed by atoms with E-state index in [1.807, 2.05) is 0 Å². The minimum atomic E-state index is -0.466. The number of carbonyl (C=O) groups is 2. The molecule has 0 saturated carbocycles. The van der Waals surface area contributed by atoms with Crippen LogP contribution >= 0.6 is 0 Å². The maximum absolute atomic E-state index is 12.2. The second kappa shape index (κ2) is 11.0. The predicted octanol–water partition coefficient (Wildman–Crippen LogP) is 5.04. The van der Waals surface area contributed by atoms with Gasteiger partial charge in [-0.3, -0.25) is 0 Å². The third-order valence-corrected chi connectivity index (χ3v) is 4.09. The number of hydrogen-bond donors (Lipinski definition) is 0. The van der Waals surface area contributed by atoms with E-state index in [4.69, 9.17) is 9.47 Å². The highest BCUT2D eigenvalue weighted by atomic mass is 16.5. The number of unbranched alkanes of at least 4 members (excludes halogenated alkanes) is 4. The van der Waals surface area contributed by atoms with Crippen LogP contribution in [-0.2, 0) is 4.74 Å². The van der Waals surface area contributed by atoms with Gasteiger partial charge in [0.1, 0.15) is 11.5 Å². The predicted molar refractivity (Wildman–Crippen MR) is 103 cm³/mol. The zero-order valence-electron chi connectivity index (χ0n) is 15.9. The highest BCUT2D eigenvalue weighted by molar-refractivity contribution is 5.92. The van der Waals surface area contributed by atoms with Gasteiger partial charge in [-0.15, -0.1) is 0 Å². The topological polar surface area (TPSA) is 61.8 Å². The van der Waals surface area contributed by atoms with E-state index in [1.54, 1.807) is 48.5 Å². The number of carbonyl (C=O) groups excluding carboxylic acids is 2. The van der Waals surface area contributed by atoms with Crippen molar-refractivity contribution in [1.82, 2.24) is 0 Å². The first kappa shape index (κ1) is 20.5. The SMILES string of the molecule is CCCCCCCOc1ccc(C(=O)Oc2ccc(C(=O)OC)cc2)cc1. The number of hydrogen-bond acceptors (Lipinski definition) is 5. The summed E-state index contributed by atoms with van der Waals surface area (Å²) in [4.78, 5) is 23.6. The number of methoxy groups -OCH3 is 1. The van der Waals surface area contributed by atoms with Crippen LogP contribution in [0.4, 0.5) is 0 Å². The van der Waals surface area contributed by atoms with Gasteiger partial charge in [0.05, 0.1) is 24.8 Å². The molecule has 0 atom stereocenters. The van der Waals surface area contributed by atoms with Gasteiger partial charge >= 0.3 is 11.9 Å². The molecule has 5 heteroatoms. The molecule has 5 nitrogen and oxygen atoms in total. The van der Waals surface area contributed by atoms with Crippen LogP contribution in [0.15, 0.2) is 48.5 Å². The summed E-state index contributed by atoms with van der Waals surface area (Å²) in [6, 6.07) is 13.1. The normalized spacial score (nSPS) is 10.3. The summed E-state index contributed by atoms with van der Waals surface area (Å²) in [5, 5.41) is 0. The summed E-state index contributed by atoms with van der Waals surface area (Å²) in [7, 11) is 1.32. The van der Waals surface area contributed by atoms with Crippen molar-refractivity contribution >= 4 is 11.9 Å². The van der Waals surface area contributed by atoms with E-state index in [9.17, 15) is 9.59 Å². The standard InChI is InChI=1S/C22H26O5/c1-3-4-5-6-7-16-26-19-12-8-18(9-13-19)22(24)27-20-14-10-17(11-15-20)21(23)25-2/h8-15H,3-7,16H2,1-2H3. The largest absolute Gasteiger partial charge is 0.494 e. The lowest BCUT2D eigenvalue weighted by Crippen LogP contribution is -2.09. The molecule has 0 aliphatic carbocycles. The van der Waals surface area contributed by atoms with E-state index in [0.29, 0.717) is 23.5 Å². The highest BCUT2D eigenvalue weighted by Crippen LogP contribution is 2.17. The average Bonchev–Trinajstić information content (AvgIpc) is 2.71. The molecule has 0 N–H and O–H groups in total. The van der Waals surface area contributed by atoms with E-state index >= 15 is 0 Å². The van der Waals surface area contributed by atoms with E-state index in [1.165, 1.54) is 32.8 Å². The molecular formula is C22H26O5. The van der Waals surface area contributed by atoms with Gasteiger partial charge in [0, 0.05) is 0 Å². The molecule has 0 aliphatic heterocycles. The Balaban J connectivity index is 1.82. The Morgan fingerprint density at radius 3 is 1.89 bits per heavy atom. The lowest BCUT2D eigenvalue weighted by Gasteiger charge is -2.08. The smallest absolute Gasteiger partial charge is 0.343 e. The molecule has 0 fully saturated rings. The van der Waals surface area contributed by atoms with Crippen LogP contribution < -0.4 is 9.47 Å². The van der Waals surface area contributed by atoms with Crippen molar-refractivity contribution in [2.24, 2.45) is 0 Å². The van der Waals surface area contributed by atoms with Crippen LogP contribution in [0.3, 0.4) is 0 Å².